The second kappa shape index (κ2) is 5.79. The molecule has 1 aromatic carbocycles. The van der Waals surface area contributed by atoms with Crippen LogP contribution in [-0.4, -0.2) is 16.8 Å². The number of aromatic nitrogens is 2. The monoisotopic (exact) mass is 324 g/mol. The molecule has 0 amide bonds. The van der Waals surface area contributed by atoms with E-state index in [9.17, 15) is 18.0 Å². The van der Waals surface area contributed by atoms with Gasteiger partial charge in [0.1, 0.15) is 11.3 Å². The van der Waals surface area contributed by atoms with Gasteiger partial charge in [-0.3, -0.25) is 9.89 Å². The Morgan fingerprint density at radius 3 is 2.83 bits per heavy atom. The van der Waals surface area contributed by atoms with E-state index in [2.05, 4.69) is 5.10 Å². The van der Waals surface area contributed by atoms with Gasteiger partial charge in [0.25, 0.3) is 5.95 Å². The lowest BCUT2D eigenvalue weighted by atomic mass is 10.2. The molecule has 3 aromatic rings. The molecule has 0 aliphatic rings. The molecular formula is C15H11F3N2O3. The molecule has 0 bridgehead atoms. The highest BCUT2D eigenvalue weighted by molar-refractivity contribution is 5.76. The number of ether oxygens (including phenoxy) is 1. The Bertz CT molecular complexity index is 883. The van der Waals surface area contributed by atoms with Gasteiger partial charge >= 0.3 is 6.18 Å². The summed E-state index contributed by atoms with van der Waals surface area (Å²) in [6.07, 6.45) is -3.42. The average molecular weight is 324 g/mol. The minimum atomic E-state index is -4.50. The van der Waals surface area contributed by atoms with Crippen LogP contribution in [0.5, 0.6) is 5.95 Å². The third-order valence-electron chi connectivity index (χ3n) is 3.23. The van der Waals surface area contributed by atoms with Crippen LogP contribution in [0.1, 0.15) is 11.3 Å². The molecule has 0 unspecified atom stereocenters. The summed E-state index contributed by atoms with van der Waals surface area (Å²) in [6.45, 7) is -0.0795. The zero-order valence-corrected chi connectivity index (χ0v) is 11.7. The maximum absolute atomic E-state index is 12.7. The number of alkyl halides is 3. The molecule has 0 atom stereocenters. The molecule has 0 fully saturated rings. The predicted octanol–water partition coefficient (Wildman–Crippen LogP) is 3.16. The van der Waals surface area contributed by atoms with Crippen molar-refractivity contribution < 1.29 is 22.3 Å². The molecule has 0 aliphatic carbocycles. The SMILES string of the molecule is O=c1cc(OCCc2cn[nH]c2C(F)(F)F)oc2ccccc12. The van der Waals surface area contributed by atoms with E-state index < -0.39 is 11.9 Å². The van der Waals surface area contributed by atoms with E-state index >= 15 is 0 Å². The maximum atomic E-state index is 12.7. The molecule has 23 heavy (non-hydrogen) atoms. The highest BCUT2D eigenvalue weighted by Crippen LogP contribution is 2.30. The summed E-state index contributed by atoms with van der Waals surface area (Å²) < 4.78 is 48.7. The first kappa shape index (κ1) is 15.1. The van der Waals surface area contributed by atoms with Crippen LogP contribution in [0.15, 0.2) is 45.7 Å². The summed E-state index contributed by atoms with van der Waals surface area (Å²) in [5, 5.41) is 5.73. The summed E-state index contributed by atoms with van der Waals surface area (Å²) in [5.74, 6) is -0.0363. The average Bonchev–Trinajstić information content (AvgIpc) is 2.96. The number of nitrogens with one attached hydrogen (secondary N) is 1. The molecule has 3 rings (SSSR count). The van der Waals surface area contributed by atoms with Crippen molar-refractivity contribution in [3.63, 3.8) is 0 Å². The van der Waals surface area contributed by atoms with Crippen molar-refractivity contribution >= 4 is 11.0 Å². The maximum Gasteiger partial charge on any atom is 0.433 e. The van der Waals surface area contributed by atoms with Gasteiger partial charge in [0.05, 0.1) is 24.3 Å². The Hall–Kier alpha value is -2.77. The molecule has 8 heteroatoms. The van der Waals surface area contributed by atoms with Gasteiger partial charge < -0.3 is 9.15 Å². The summed E-state index contributed by atoms with van der Waals surface area (Å²) in [5.41, 5.74) is -0.836. The fourth-order valence-electron chi connectivity index (χ4n) is 2.16. The Labute approximate surface area is 127 Å². The lowest BCUT2D eigenvalue weighted by Gasteiger charge is -2.08. The highest BCUT2D eigenvalue weighted by atomic mass is 19.4. The van der Waals surface area contributed by atoms with E-state index in [0.29, 0.717) is 11.0 Å². The Morgan fingerprint density at radius 2 is 2.04 bits per heavy atom. The van der Waals surface area contributed by atoms with Crippen molar-refractivity contribution in [2.24, 2.45) is 0 Å². The molecule has 0 radical (unpaired) electrons. The zero-order chi connectivity index (χ0) is 16.4. The Kier molecular flexibility index (Phi) is 3.81. The van der Waals surface area contributed by atoms with E-state index in [1.54, 1.807) is 24.3 Å². The highest BCUT2D eigenvalue weighted by Gasteiger charge is 2.35. The van der Waals surface area contributed by atoms with Gasteiger partial charge in [0.15, 0.2) is 5.43 Å². The van der Waals surface area contributed by atoms with Crippen LogP contribution in [0.2, 0.25) is 0 Å². The van der Waals surface area contributed by atoms with Gasteiger partial charge in [-0.15, -0.1) is 0 Å². The number of H-pyrrole nitrogens is 1. The molecular weight excluding hydrogens is 313 g/mol. The number of benzene rings is 1. The third kappa shape index (κ3) is 3.20. The largest absolute Gasteiger partial charge is 0.465 e. The number of hydrogen-bond donors (Lipinski definition) is 1. The summed E-state index contributed by atoms with van der Waals surface area (Å²) >= 11 is 0. The summed E-state index contributed by atoms with van der Waals surface area (Å²) in [6, 6.07) is 7.81. The van der Waals surface area contributed by atoms with E-state index in [-0.39, 0.29) is 30.0 Å². The van der Waals surface area contributed by atoms with Gasteiger partial charge in [-0.25, -0.2) is 0 Å². The number of halogens is 3. The quantitative estimate of drug-likeness (QED) is 0.800. The molecule has 2 heterocycles. The minimum absolute atomic E-state index is 0.0133. The van der Waals surface area contributed by atoms with Crippen molar-refractivity contribution in [3.8, 4) is 5.95 Å². The van der Waals surface area contributed by atoms with Crippen LogP contribution in [-0.2, 0) is 12.6 Å². The third-order valence-corrected chi connectivity index (χ3v) is 3.23. The van der Waals surface area contributed by atoms with Gasteiger partial charge in [-0.1, -0.05) is 12.1 Å². The normalized spacial score (nSPS) is 11.8. The lowest BCUT2D eigenvalue weighted by molar-refractivity contribution is -0.141. The van der Waals surface area contributed by atoms with E-state index in [1.807, 2.05) is 5.10 Å². The van der Waals surface area contributed by atoms with E-state index in [1.165, 1.54) is 6.07 Å². The first-order chi connectivity index (χ1) is 10.9. The van der Waals surface area contributed by atoms with Gasteiger partial charge in [-0.05, 0) is 12.1 Å². The molecule has 2 aromatic heterocycles. The fraction of sp³-hybridized carbons (Fsp3) is 0.200. The van der Waals surface area contributed by atoms with Crippen molar-refractivity contribution in [1.82, 2.24) is 10.2 Å². The fourth-order valence-corrected chi connectivity index (χ4v) is 2.16. The second-order valence-electron chi connectivity index (χ2n) is 4.79. The number of hydrogen-bond acceptors (Lipinski definition) is 4. The van der Waals surface area contributed by atoms with E-state index in [4.69, 9.17) is 9.15 Å². The van der Waals surface area contributed by atoms with Gasteiger partial charge in [0, 0.05) is 12.0 Å². The number of para-hydroxylation sites is 1. The first-order valence-corrected chi connectivity index (χ1v) is 6.70. The number of nitrogens with zero attached hydrogens (tertiary/aromatic N) is 1. The van der Waals surface area contributed by atoms with Crippen molar-refractivity contribution in [1.29, 1.82) is 0 Å². The van der Waals surface area contributed by atoms with Gasteiger partial charge in [-0.2, -0.15) is 18.3 Å². The number of fused-ring (bicyclic) bond motifs is 1. The van der Waals surface area contributed by atoms with Crippen LogP contribution < -0.4 is 10.2 Å². The smallest absolute Gasteiger partial charge is 0.433 e. The molecule has 5 nitrogen and oxygen atoms in total. The van der Waals surface area contributed by atoms with Crippen LogP contribution >= 0.6 is 0 Å². The van der Waals surface area contributed by atoms with Crippen LogP contribution in [0.3, 0.4) is 0 Å². The van der Waals surface area contributed by atoms with Gasteiger partial charge in [0.2, 0.25) is 0 Å². The Morgan fingerprint density at radius 1 is 1.26 bits per heavy atom. The molecule has 0 saturated heterocycles. The topological polar surface area (TPSA) is 68.1 Å². The number of rotatable bonds is 4. The second-order valence-corrected chi connectivity index (χ2v) is 4.79. The number of aromatic amines is 1. The van der Waals surface area contributed by atoms with Crippen LogP contribution in [0.25, 0.3) is 11.0 Å². The van der Waals surface area contributed by atoms with Crippen LogP contribution in [0, 0.1) is 0 Å². The van der Waals surface area contributed by atoms with Crippen molar-refractivity contribution in [2.45, 2.75) is 12.6 Å². The molecule has 120 valence electrons. The van der Waals surface area contributed by atoms with E-state index in [0.717, 1.165) is 6.20 Å². The van der Waals surface area contributed by atoms with Crippen molar-refractivity contribution in [3.05, 3.63) is 58.0 Å². The molecule has 1 N–H and O–H groups in total. The standard InChI is InChI=1S/C15H11F3N2O3/c16-15(17,18)14-9(8-19-20-14)5-6-22-13-7-11(21)10-3-1-2-4-12(10)23-13/h1-4,7-8H,5-6H2,(H,19,20). The van der Waals surface area contributed by atoms with Crippen LogP contribution in [0.4, 0.5) is 13.2 Å². The Balaban J connectivity index is 1.72. The molecule has 0 saturated carbocycles. The van der Waals surface area contributed by atoms with Crippen molar-refractivity contribution in [2.75, 3.05) is 6.61 Å². The predicted molar refractivity (Wildman–Crippen MR) is 75.3 cm³/mol. The molecule has 0 aliphatic heterocycles. The zero-order valence-electron chi connectivity index (χ0n) is 11.7. The summed E-state index contributed by atoms with van der Waals surface area (Å²) in [4.78, 5) is 11.9. The lowest BCUT2D eigenvalue weighted by Crippen LogP contribution is -2.11. The first-order valence-electron chi connectivity index (χ1n) is 6.70. The summed E-state index contributed by atoms with van der Waals surface area (Å²) in [7, 11) is 0. The molecule has 0 spiro atoms. The minimum Gasteiger partial charge on any atom is -0.465 e.